The van der Waals surface area contributed by atoms with Crippen LogP contribution in [0.1, 0.15) is 0 Å². The van der Waals surface area contributed by atoms with Crippen LogP contribution in [0.2, 0.25) is 0 Å². The molecule has 4 nitrogen and oxygen atoms in total. The van der Waals surface area contributed by atoms with E-state index in [-0.39, 0.29) is 0 Å². The molecule has 57 heavy (non-hydrogen) atoms. The number of hydrogen-bond acceptors (Lipinski definition) is 3. The zero-order valence-electron chi connectivity index (χ0n) is 30.5. The predicted molar refractivity (Wildman–Crippen MR) is 242 cm³/mol. The Bertz CT molecular complexity index is 3830. The van der Waals surface area contributed by atoms with Crippen molar-refractivity contribution in [3.8, 4) is 22.9 Å². The van der Waals surface area contributed by atoms with Crippen LogP contribution in [-0.2, 0) is 0 Å². The standard InChI is InChI=1S/C52H30N4S/c1-2-12-36-31(11-1)22-26-41-37-13-4-8-18-45(37)55(50(36)41)35-24-21-32-28-43-38-14-5-9-19-46(38)56(47(43)29-34(32)27-35)52-42-16-3-7-17-44(42)53-51(54-52)33-23-25-40-39-15-6-10-20-48(39)57-49(40)30-33/h1-30H. The van der Waals surface area contributed by atoms with E-state index < -0.39 is 0 Å². The van der Waals surface area contributed by atoms with E-state index in [1.807, 2.05) is 11.3 Å². The maximum absolute atomic E-state index is 5.46. The monoisotopic (exact) mass is 742 g/mol. The highest BCUT2D eigenvalue weighted by Crippen LogP contribution is 2.41. The summed E-state index contributed by atoms with van der Waals surface area (Å²) in [5.41, 5.74) is 7.73. The highest BCUT2D eigenvalue weighted by atomic mass is 32.1. The van der Waals surface area contributed by atoms with Crippen molar-refractivity contribution in [3.63, 3.8) is 0 Å². The molecular weight excluding hydrogens is 713 g/mol. The lowest BCUT2D eigenvalue weighted by Gasteiger charge is -2.14. The SMILES string of the molecule is c1ccc2c(c1)ccc1c3ccccc3n(-c3ccc4cc5c6ccccc6n(-c6nc(-c7ccc8c(c7)sc7ccccc78)nc7ccccc67)c5cc4c3)c21. The molecule has 0 radical (unpaired) electrons. The average Bonchev–Trinajstić information content (AvgIpc) is 3.92. The molecule has 9 aromatic carbocycles. The second kappa shape index (κ2) is 11.6. The Balaban J connectivity index is 1.07. The van der Waals surface area contributed by atoms with Crippen molar-refractivity contribution in [1.82, 2.24) is 19.1 Å². The average molecular weight is 743 g/mol. The molecule has 0 aliphatic rings. The zero-order chi connectivity index (χ0) is 37.2. The minimum absolute atomic E-state index is 0.718. The quantitative estimate of drug-likeness (QED) is 0.181. The molecule has 264 valence electrons. The molecular formula is C52H30N4S. The van der Waals surface area contributed by atoms with Gasteiger partial charge in [-0.1, -0.05) is 121 Å². The molecule has 0 bridgehead atoms. The number of aromatic nitrogens is 4. The van der Waals surface area contributed by atoms with Gasteiger partial charge in [0.1, 0.15) is 5.82 Å². The van der Waals surface area contributed by atoms with Crippen molar-refractivity contribution in [2.45, 2.75) is 0 Å². The topological polar surface area (TPSA) is 35.6 Å². The van der Waals surface area contributed by atoms with Crippen LogP contribution in [0, 0.1) is 0 Å². The predicted octanol–water partition coefficient (Wildman–Crippen LogP) is 14.2. The molecule has 0 atom stereocenters. The van der Waals surface area contributed by atoms with Gasteiger partial charge in [-0.3, -0.25) is 4.57 Å². The lowest BCUT2D eigenvalue weighted by molar-refractivity contribution is 1.08. The number of hydrogen-bond donors (Lipinski definition) is 0. The van der Waals surface area contributed by atoms with Gasteiger partial charge >= 0.3 is 0 Å². The summed E-state index contributed by atoms with van der Waals surface area (Å²) in [6.07, 6.45) is 0. The third kappa shape index (κ3) is 4.43. The third-order valence-electron chi connectivity index (χ3n) is 11.9. The Morgan fingerprint density at radius 3 is 1.91 bits per heavy atom. The number of benzene rings is 9. The van der Waals surface area contributed by atoms with E-state index in [2.05, 4.69) is 191 Å². The molecule has 13 rings (SSSR count). The van der Waals surface area contributed by atoms with E-state index in [9.17, 15) is 0 Å². The molecule has 4 heterocycles. The van der Waals surface area contributed by atoms with Crippen molar-refractivity contribution in [2.75, 3.05) is 0 Å². The van der Waals surface area contributed by atoms with Crippen LogP contribution in [0.4, 0.5) is 0 Å². The first kappa shape index (κ1) is 30.9. The molecule has 0 aliphatic heterocycles. The largest absolute Gasteiger partial charge is 0.309 e. The number of fused-ring (bicyclic) bond motifs is 13. The van der Waals surface area contributed by atoms with Crippen molar-refractivity contribution >= 4 is 108 Å². The van der Waals surface area contributed by atoms with E-state index >= 15 is 0 Å². The van der Waals surface area contributed by atoms with Crippen molar-refractivity contribution in [1.29, 1.82) is 0 Å². The van der Waals surface area contributed by atoms with Crippen molar-refractivity contribution in [3.05, 3.63) is 182 Å². The van der Waals surface area contributed by atoms with Crippen LogP contribution < -0.4 is 0 Å². The lowest BCUT2D eigenvalue weighted by atomic mass is 10.0. The summed E-state index contributed by atoms with van der Waals surface area (Å²) in [7, 11) is 0. The molecule has 0 fully saturated rings. The number of thiophene rings is 1. The van der Waals surface area contributed by atoms with Gasteiger partial charge < -0.3 is 4.57 Å². The second-order valence-electron chi connectivity index (χ2n) is 15.0. The van der Waals surface area contributed by atoms with Gasteiger partial charge in [0.15, 0.2) is 5.82 Å². The first-order chi connectivity index (χ1) is 28.2. The maximum atomic E-state index is 5.46. The highest BCUT2D eigenvalue weighted by molar-refractivity contribution is 7.25. The van der Waals surface area contributed by atoms with Gasteiger partial charge in [0, 0.05) is 63.7 Å². The molecule has 0 N–H and O–H groups in total. The van der Waals surface area contributed by atoms with Crippen LogP contribution in [0.3, 0.4) is 0 Å². The minimum Gasteiger partial charge on any atom is -0.309 e. The lowest BCUT2D eigenvalue weighted by Crippen LogP contribution is -2.02. The summed E-state index contributed by atoms with van der Waals surface area (Å²) in [5.74, 6) is 1.60. The number of rotatable bonds is 3. The third-order valence-corrected chi connectivity index (χ3v) is 13.0. The molecule has 0 saturated carbocycles. The van der Waals surface area contributed by atoms with Gasteiger partial charge in [-0.25, -0.2) is 9.97 Å². The van der Waals surface area contributed by atoms with Gasteiger partial charge in [0.05, 0.1) is 27.6 Å². The molecule has 0 amide bonds. The fourth-order valence-corrected chi connectivity index (χ4v) is 10.4. The summed E-state index contributed by atoms with van der Waals surface area (Å²) in [6.45, 7) is 0. The van der Waals surface area contributed by atoms with Crippen LogP contribution in [-0.4, -0.2) is 19.1 Å². The summed E-state index contributed by atoms with van der Waals surface area (Å²) < 4.78 is 7.33. The van der Waals surface area contributed by atoms with E-state index in [0.717, 1.165) is 44.8 Å². The molecule has 0 aliphatic carbocycles. The normalized spacial score (nSPS) is 12.2. The smallest absolute Gasteiger partial charge is 0.162 e. The van der Waals surface area contributed by atoms with Crippen LogP contribution in [0.15, 0.2) is 182 Å². The zero-order valence-corrected chi connectivity index (χ0v) is 31.3. The molecule has 13 aromatic rings. The van der Waals surface area contributed by atoms with Crippen molar-refractivity contribution in [2.24, 2.45) is 0 Å². The van der Waals surface area contributed by atoms with Gasteiger partial charge in [-0.15, -0.1) is 11.3 Å². The molecule has 4 aromatic heterocycles. The van der Waals surface area contributed by atoms with E-state index in [1.165, 1.54) is 74.3 Å². The number of nitrogens with zero attached hydrogens (tertiary/aromatic N) is 4. The van der Waals surface area contributed by atoms with E-state index in [4.69, 9.17) is 9.97 Å². The van der Waals surface area contributed by atoms with Gasteiger partial charge in [-0.05, 0) is 76.8 Å². The maximum Gasteiger partial charge on any atom is 0.162 e. The van der Waals surface area contributed by atoms with E-state index in [0.29, 0.717) is 0 Å². The van der Waals surface area contributed by atoms with Crippen molar-refractivity contribution < 1.29 is 0 Å². The first-order valence-corrected chi connectivity index (χ1v) is 20.1. The van der Waals surface area contributed by atoms with Gasteiger partial charge in [0.25, 0.3) is 0 Å². The van der Waals surface area contributed by atoms with Gasteiger partial charge in [0.2, 0.25) is 0 Å². The molecule has 0 spiro atoms. The molecule has 0 unspecified atom stereocenters. The highest BCUT2D eigenvalue weighted by Gasteiger charge is 2.20. The number of para-hydroxylation sites is 3. The van der Waals surface area contributed by atoms with E-state index in [1.54, 1.807) is 0 Å². The molecule has 5 heteroatoms. The second-order valence-corrected chi connectivity index (χ2v) is 16.1. The molecule has 0 saturated heterocycles. The van der Waals surface area contributed by atoms with Crippen LogP contribution in [0.25, 0.3) is 119 Å². The van der Waals surface area contributed by atoms with Gasteiger partial charge in [-0.2, -0.15) is 0 Å². The fraction of sp³-hybridized carbons (Fsp3) is 0. The van der Waals surface area contributed by atoms with Crippen LogP contribution in [0.5, 0.6) is 0 Å². The summed E-state index contributed by atoms with van der Waals surface area (Å²) in [4.78, 5) is 10.6. The Labute approximate surface area is 330 Å². The Hall–Kier alpha value is -7.34. The van der Waals surface area contributed by atoms with Crippen LogP contribution >= 0.6 is 11.3 Å². The summed E-state index contributed by atoms with van der Waals surface area (Å²) in [5, 5.41) is 13.3. The fourth-order valence-electron chi connectivity index (χ4n) is 9.29. The Morgan fingerprint density at radius 2 is 1.04 bits per heavy atom. The Morgan fingerprint density at radius 1 is 0.368 bits per heavy atom. The minimum atomic E-state index is 0.718. The first-order valence-electron chi connectivity index (χ1n) is 19.3. The Kier molecular flexibility index (Phi) is 6.29. The summed E-state index contributed by atoms with van der Waals surface area (Å²) >= 11 is 1.82. The summed E-state index contributed by atoms with van der Waals surface area (Å²) in [6, 6.07) is 66.0.